The van der Waals surface area contributed by atoms with Gasteiger partial charge in [-0.25, -0.2) is 4.39 Å². The van der Waals surface area contributed by atoms with Crippen LogP contribution in [0.25, 0.3) is 0 Å². The van der Waals surface area contributed by atoms with Gasteiger partial charge in [0.1, 0.15) is 11.4 Å². The van der Waals surface area contributed by atoms with Gasteiger partial charge in [0.2, 0.25) is 0 Å². The van der Waals surface area contributed by atoms with Crippen LogP contribution in [0, 0.1) is 17.7 Å². The quantitative estimate of drug-likeness (QED) is 0.845. The Labute approximate surface area is 142 Å². The van der Waals surface area contributed by atoms with Crippen LogP contribution in [0.4, 0.5) is 4.39 Å². The maximum Gasteiger partial charge on any atom is 0.141 e. The summed E-state index contributed by atoms with van der Waals surface area (Å²) in [6.45, 7) is 0.714. The van der Waals surface area contributed by atoms with E-state index in [1.165, 1.54) is 17.7 Å². The highest BCUT2D eigenvalue weighted by molar-refractivity contribution is 5.37. The number of aliphatic hydroxyl groups is 1. The lowest BCUT2D eigenvalue weighted by Crippen LogP contribution is -2.51. The first-order valence-electron chi connectivity index (χ1n) is 8.44. The standard InChI is InChI=1S/C21H22FNO/c22-19-11-9-17(10-12-19)13-15-21(24)14-5-4-8-20(21)23-16-18-6-2-1-3-7-18/h1-3,6-7,9-12,20,23-24H,4-5,8,14,16H2/t20-,21+/m0/s1. The van der Waals surface area contributed by atoms with Crippen LogP contribution in [0.1, 0.15) is 36.8 Å². The molecule has 1 fully saturated rings. The summed E-state index contributed by atoms with van der Waals surface area (Å²) in [6.07, 6.45) is 3.63. The molecule has 0 heterocycles. The maximum atomic E-state index is 13.0. The van der Waals surface area contributed by atoms with E-state index in [4.69, 9.17) is 0 Å². The molecular formula is C21H22FNO. The first-order chi connectivity index (χ1) is 11.7. The second-order valence-electron chi connectivity index (χ2n) is 6.35. The van der Waals surface area contributed by atoms with E-state index in [0.29, 0.717) is 13.0 Å². The van der Waals surface area contributed by atoms with Crippen molar-refractivity contribution in [3.8, 4) is 11.8 Å². The van der Waals surface area contributed by atoms with E-state index < -0.39 is 5.60 Å². The van der Waals surface area contributed by atoms with Gasteiger partial charge in [0.15, 0.2) is 0 Å². The molecule has 3 rings (SSSR count). The van der Waals surface area contributed by atoms with Gasteiger partial charge in [-0.3, -0.25) is 0 Å². The van der Waals surface area contributed by atoms with Gasteiger partial charge in [-0.05, 0) is 49.1 Å². The molecule has 0 radical (unpaired) electrons. The van der Waals surface area contributed by atoms with Crippen molar-refractivity contribution in [2.45, 2.75) is 43.9 Å². The van der Waals surface area contributed by atoms with Crippen LogP contribution in [0.2, 0.25) is 0 Å². The number of hydrogen-bond acceptors (Lipinski definition) is 2. The van der Waals surface area contributed by atoms with E-state index >= 15 is 0 Å². The molecule has 24 heavy (non-hydrogen) atoms. The Balaban J connectivity index is 1.71. The van der Waals surface area contributed by atoms with Crippen LogP contribution in [0.3, 0.4) is 0 Å². The molecule has 124 valence electrons. The minimum atomic E-state index is -1.04. The average Bonchev–Trinajstić information content (AvgIpc) is 2.61. The van der Waals surface area contributed by atoms with Gasteiger partial charge in [0, 0.05) is 18.2 Å². The second-order valence-corrected chi connectivity index (χ2v) is 6.35. The van der Waals surface area contributed by atoms with Crippen LogP contribution in [0.15, 0.2) is 54.6 Å². The SMILES string of the molecule is O[C@@]1(C#Cc2ccc(F)cc2)CCCC[C@@H]1NCc1ccccc1. The van der Waals surface area contributed by atoms with Gasteiger partial charge in [-0.2, -0.15) is 0 Å². The van der Waals surface area contributed by atoms with Crippen LogP contribution < -0.4 is 5.32 Å². The third-order valence-corrected chi connectivity index (χ3v) is 4.54. The molecule has 0 bridgehead atoms. The second kappa shape index (κ2) is 7.61. The minimum absolute atomic E-state index is 0.0561. The fourth-order valence-corrected chi connectivity index (χ4v) is 3.13. The highest BCUT2D eigenvalue weighted by Gasteiger charge is 2.37. The third kappa shape index (κ3) is 4.23. The molecule has 2 nitrogen and oxygen atoms in total. The van der Waals surface area contributed by atoms with Crippen LogP contribution in [-0.4, -0.2) is 16.7 Å². The first-order valence-corrected chi connectivity index (χ1v) is 8.44. The lowest BCUT2D eigenvalue weighted by molar-refractivity contribution is 0.0254. The summed E-state index contributed by atoms with van der Waals surface area (Å²) < 4.78 is 13.0. The zero-order valence-electron chi connectivity index (χ0n) is 13.6. The van der Waals surface area contributed by atoms with Gasteiger partial charge < -0.3 is 10.4 Å². The summed E-state index contributed by atoms with van der Waals surface area (Å²) in [5.74, 6) is 5.77. The summed E-state index contributed by atoms with van der Waals surface area (Å²) in [6, 6.07) is 16.2. The lowest BCUT2D eigenvalue weighted by Gasteiger charge is -2.36. The molecule has 1 saturated carbocycles. The minimum Gasteiger partial charge on any atom is -0.376 e. The molecule has 0 aromatic heterocycles. The summed E-state index contributed by atoms with van der Waals surface area (Å²) in [5, 5.41) is 14.5. The molecule has 2 aromatic carbocycles. The molecule has 2 atom stereocenters. The van der Waals surface area contributed by atoms with Crippen molar-refractivity contribution >= 4 is 0 Å². The Morgan fingerprint density at radius 3 is 2.58 bits per heavy atom. The van der Waals surface area contributed by atoms with Crippen LogP contribution in [-0.2, 0) is 6.54 Å². The monoisotopic (exact) mass is 323 g/mol. The van der Waals surface area contributed by atoms with E-state index in [1.807, 2.05) is 18.2 Å². The van der Waals surface area contributed by atoms with Crippen molar-refractivity contribution in [1.29, 1.82) is 0 Å². The van der Waals surface area contributed by atoms with Gasteiger partial charge >= 0.3 is 0 Å². The van der Waals surface area contributed by atoms with Crippen molar-refractivity contribution in [1.82, 2.24) is 5.32 Å². The lowest BCUT2D eigenvalue weighted by atomic mass is 9.80. The van der Waals surface area contributed by atoms with Gasteiger partial charge in [-0.15, -0.1) is 0 Å². The highest BCUT2D eigenvalue weighted by Crippen LogP contribution is 2.28. The Morgan fingerprint density at radius 1 is 1.08 bits per heavy atom. The Bertz CT molecular complexity index is 717. The van der Waals surface area contributed by atoms with Gasteiger partial charge in [0.05, 0.1) is 0 Å². The van der Waals surface area contributed by atoms with E-state index in [9.17, 15) is 9.50 Å². The van der Waals surface area contributed by atoms with Crippen LogP contribution in [0.5, 0.6) is 0 Å². The summed E-state index contributed by atoms with van der Waals surface area (Å²) >= 11 is 0. The molecule has 0 aliphatic heterocycles. The van der Waals surface area contributed by atoms with Crippen molar-refractivity contribution in [2.75, 3.05) is 0 Å². The smallest absolute Gasteiger partial charge is 0.141 e. The molecule has 1 aliphatic carbocycles. The topological polar surface area (TPSA) is 32.3 Å². The molecular weight excluding hydrogens is 301 g/mol. The van der Waals surface area contributed by atoms with Crippen molar-refractivity contribution in [3.63, 3.8) is 0 Å². The Morgan fingerprint density at radius 2 is 1.83 bits per heavy atom. The Kier molecular flexibility index (Phi) is 5.30. The third-order valence-electron chi connectivity index (χ3n) is 4.54. The predicted octanol–water partition coefficient (Wildman–Crippen LogP) is 3.64. The molecule has 2 aromatic rings. The molecule has 0 saturated heterocycles. The first kappa shape index (κ1) is 16.7. The fourth-order valence-electron chi connectivity index (χ4n) is 3.13. The number of benzene rings is 2. The molecule has 2 N–H and O–H groups in total. The molecule has 0 amide bonds. The van der Waals surface area contributed by atoms with Gasteiger partial charge in [-0.1, -0.05) is 48.6 Å². The normalized spacial score (nSPS) is 23.3. The number of nitrogens with one attached hydrogen (secondary N) is 1. The summed E-state index contributed by atoms with van der Waals surface area (Å²) in [5.41, 5.74) is 0.871. The van der Waals surface area contributed by atoms with Crippen molar-refractivity contribution in [3.05, 3.63) is 71.5 Å². The predicted molar refractivity (Wildman–Crippen MR) is 93.8 cm³/mol. The van der Waals surface area contributed by atoms with E-state index in [0.717, 1.165) is 24.8 Å². The van der Waals surface area contributed by atoms with E-state index in [2.05, 4.69) is 29.3 Å². The zero-order valence-corrected chi connectivity index (χ0v) is 13.6. The number of halogens is 1. The fraction of sp³-hybridized carbons (Fsp3) is 0.333. The van der Waals surface area contributed by atoms with E-state index in [1.54, 1.807) is 12.1 Å². The van der Waals surface area contributed by atoms with Gasteiger partial charge in [0.25, 0.3) is 0 Å². The van der Waals surface area contributed by atoms with Crippen LogP contribution >= 0.6 is 0 Å². The zero-order chi connectivity index (χ0) is 16.8. The molecule has 3 heteroatoms. The molecule has 0 spiro atoms. The molecule has 0 unspecified atom stereocenters. The Hall–Kier alpha value is -2.15. The van der Waals surface area contributed by atoms with Crippen molar-refractivity contribution in [2.24, 2.45) is 0 Å². The largest absolute Gasteiger partial charge is 0.376 e. The average molecular weight is 323 g/mol. The number of rotatable bonds is 3. The highest BCUT2D eigenvalue weighted by atomic mass is 19.1. The van der Waals surface area contributed by atoms with Crippen molar-refractivity contribution < 1.29 is 9.50 Å². The number of hydrogen-bond donors (Lipinski definition) is 2. The molecule has 1 aliphatic rings. The summed E-state index contributed by atoms with van der Waals surface area (Å²) in [4.78, 5) is 0. The summed E-state index contributed by atoms with van der Waals surface area (Å²) in [7, 11) is 0. The maximum absolute atomic E-state index is 13.0. The van der Waals surface area contributed by atoms with E-state index in [-0.39, 0.29) is 11.9 Å².